The Balaban J connectivity index is 2.18. The molecule has 0 aromatic carbocycles. The maximum Gasteiger partial charge on any atom is 0.258 e. The van der Waals surface area contributed by atoms with E-state index in [1.807, 2.05) is 0 Å². The number of carbonyl (C=O) groups is 1. The van der Waals surface area contributed by atoms with Crippen LogP contribution in [0.3, 0.4) is 0 Å². The fourth-order valence-electron chi connectivity index (χ4n) is 1.12. The maximum atomic E-state index is 11.9. The molecule has 18 heavy (non-hydrogen) atoms. The Kier molecular flexibility index (Phi) is 4.41. The third-order valence-corrected chi connectivity index (χ3v) is 3.33. The van der Waals surface area contributed by atoms with Crippen LogP contribution in [0.25, 0.3) is 0 Å². The predicted octanol–water partition coefficient (Wildman–Crippen LogP) is 3.41. The molecule has 0 aliphatic heterocycles. The first-order chi connectivity index (χ1) is 8.56. The third kappa shape index (κ3) is 3.33. The summed E-state index contributed by atoms with van der Waals surface area (Å²) in [5, 5.41) is 2.64. The highest BCUT2D eigenvalue weighted by Gasteiger charge is 2.10. The summed E-state index contributed by atoms with van der Waals surface area (Å²) in [6, 6.07) is 3.35. The summed E-state index contributed by atoms with van der Waals surface area (Å²) in [4.78, 5) is 24.0. The van der Waals surface area contributed by atoms with Crippen molar-refractivity contribution in [3.05, 3.63) is 43.9 Å². The van der Waals surface area contributed by atoms with E-state index in [4.69, 9.17) is 0 Å². The molecule has 0 bridgehead atoms. The van der Waals surface area contributed by atoms with Crippen LogP contribution in [0.1, 0.15) is 10.4 Å². The van der Waals surface area contributed by atoms with Gasteiger partial charge < -0.3 is 5.32 Å². The van der Waals surface area contributed by atoms with Gasteiger partial charge in [0.15, 0.2) is 5.82 Å². The van der Waals surface area contributed by atoms with Gasteiger partial charge in [-0.05, 0) is 59.9 Å². The summed E-state index contributed by atoms with van der Waals surface area (Å²) in [5.41, 5.74) is 0.440. The summed E-state index contributed by atoms with van der Waals surface area (Å²) < 4.78 is 1.71. The SMILES string of the molecule is O=C(Nc1ncc(Br)nc1Br)c1ccc(Br)nc1. The van der Waals surface area contributed by atoms with E-state index in [-0.39, 0.29) is 5.91 Å². The second kappa shape index (κ2) is 5.85. The highest BCUT2D eigenvalue weighted by molar-refractivity contribution is 9.11. The zero-order chi connectivity index (χ0) is 13.1. The minimum Gasteiger partial charge on any atom is -0.304 e. The van der Waals surface area contributed by atoms with Crippen LogP contribution >= 0.6 is 47.8 Å². The normalized spacial score (nSPS) is 10.2. The number of amides is 1. The van der Waals surface area contributed by atoms with Crippen molar-refractivity contribution in [1.82, 2.24) is 15.0 Å². The molecule has 2 rings (SSSR count). The Morgan fingerprint density at radius 3 is 2.44 bits per heavy atom. The first-order valence-corrected chi connectivity index (χ1v) is 7.05. The fourth-order valence-corrected chi connectivity index (χ4v) is 2.27. The Hall–Kier alpha value is -0.860. The van der Waals surface area contributed by atoms with Gasteiger partial charge in [0.1, 0.15) is 13.8 Å². The molecule has 2 aromatic rings. The van der Waals surface area contributed by atoms with Crippen molar-refractivity contribution < 1.29 is 4.79 Å². The van der Waals surface area contributed by atoms with Gasteiger partial charge in [0.2, 0.25) is 0 Å². The number of rotatable bonds is 2. The molecular weight excluding hydrogens is 432 g/mol. The number of aromatic nitrogens is 3. The van der Waals surface area contributed by atoms with Crippen molar-refractivity contribution in [1.29, 1.82) is 0 Å². The lowest BCUT2D eigenvalue weighted by Crippen LogP contribution is -2.14. The molecule has 0 spiro atoms. The quantitative estimate of drug-likeness (QED) is 0.732. The number of pyridine rings is 1. The molecule has 0 fully saturated rings. The highest BCUT2D eigenvalue weighted by atomic mass is 79.9. The average Bonchev–Trinajstić information content (AvgIpc) is 2.33. The maximum absolute atomic E-state index is 11.9. The van der Waals surface area contributed by atoms with E-state index in [2.05, 4.69) is 68.1 Å². The Labute approximate surface area is 128 Å². The number of nitrogens with one attached hydrogen (secondary N) is 1. The van der Waals surface area contributed by atoms with Crippen LogP contribution in [0.4, 0.5) is 5.82 Å². The Morgan fingerprint density at radius 2 is 1.83 bits per heavy atom. The number of halogens is 3. The second-order valence-corrected chi connectivity index (χ2v) is 5.53. The highest BCUT2D eigenvalue weighted by Crippen LogP contribution is 2.20. The summed E-state index contributed by atoms with van der Waals surface area (Å²) in [7, 11) is 0. The van der Waals surface area contributed by atoms with Crippen LogP contribution in [0.15, 0.2) is 38.3 Å². The number of carbonyl (C=O) groups excluding carboxylic acids is 1. The topological polar surface area (TPSA) is 67.8 Å². The van der Waals surface area contributed by atoms with E-state index in [0.29, 0.717) is 25.2 Å². The summed E-state index contributed by atoms with van der Waals surface area (Å²) in [6.07, 6.45) is 2.97. The van der Waals surface area contributed by atoms with Crippen LogP contribution in [-0.2, 0) is 0 Å². The molecule has 0 aliphatic carbocycles. The van der Waals surface area contributed by atoms with Crippen molar-refractivity contribution in [3.63, 3.8) is 0 Å². The third-order valence-electron chi connectivity index (χ3n) is 1.92. The van der Waals surface area contributed by atoms with E-state index >= 15 is 0 Å². The first-order valence-electron chi connectivity index (χ1n) is 4.67. The average molecular weight is 437 g/mol. The molecular formula is C10H5Br3N4O. The monoisotopic (exact) mass is 434 g/mol. The summed E-state index contributed by atoms with van der Waals surface area (Å²) in [6.45, 7) is 0. The minimum atomic E-state index is -0.299. The van der Waals surface area contributed by atoms with Gasteiger partial charge in [-0.2, -0.15) is 0 Å². The van der Waals surface area contributed by atoms with Crippen LogP contribution in [0, 0.1) is 0 Å². The van der Waals surface area contributed by atoms with Crippen molar-refractivity contribution in [2.24, 2.45) is 0 Å². The number of hydrogen-bond donors (Lipinski definition) is 1. The molecule has 0 radical (unpaired) electrons. The molecule has 0 atom stereocenters. The summed E-state index contributed by atoms with van der Waals surface area (Å²) in [5.74, 6) is 0.0541. The predicted molar refractivity (Wildman–Crippen MR) is 77.3 cm³/mol. The van der Waals surface area contributed by atoms with Gasteiger partial charge >= 0.3 is 0 Å². The lowest BCUT2D eigenvalue weighted by Gasteiger charge is -2.05. The number of anilines is 1. The van der Waals surface area contributed by atoms with Crippen LogP contribution in [-0.4, -0.2) is 20.9 Å². The van der Waals surface area contributed by atoms with Gasteiger partial charge in [-0.1, -0.05) is 0 Å². The van der Waals surface area contributed by atoms with Crippen LogP contribution < -0.4 is 5.32 Å². The standard InChI is InChI=1S/C10H5Br3N4O/c11-6-2-1-5(3-14-6)10(18)17-9-8(13)16-7(12)4-15-9/h1-4H,(H,15,17,18). The molecule has 0 saturated carbocycles. The van der Waals surface area contributed by atoms with E-state index in [1.165, 1.54) is 12.4 Å². The van der Waals surface area contributed by atoms with Gasteiger partial charge in [-0.3, -0.25) is 4.79 Å². The fraction of sp³-hybridized carbons (Fsp3) is 0. The van der Waals surface area contributed by atoms with Gasteiger partial charge in [0, 0.05) is 6.20 Å². The van der Waals surface area contributed by atoms with Crippen molar-refractivity contribution in [2.45, 2.75) is 0 Å². The lowest BCUT2D eigenvalue weighted by atomic mass is 10.3. The Bertz CT molecular complexity index is 588. The molecule has 0 saturated heterocycles. The second-order valence-electron chi connectivity index (χ2n) is 3.16. The Morgan fingerprint density at radius 1 is 1.06 bits per heavy atom. The van der Waals surface area contributed by atoms with Gasteiger partial charge in [-0.25, -0.2) is 15.0 Å². The molecule has 2 aromatic heterocycles. The summed E-state index contributed by atoms with van der Waals surface area (Å²) >= 11 is 9.61. The minimum absolute atomic E-state index is 0.299. The lowest BCUT2D eigenvalue weighted by molar-refractivity contribution is 0.102. The van der Waals surface area contributed by atoms with Crippen LogP contribution in [0.5, 0.6) is 0 Å². The van der Waals surface area contributed by atoms with Gasteiger partial charge in [-0.15, -0.1) is 0 Å². The molecule has 8 heteroatoms. The first kappa shape index (κ1) is 13.6. The smallest absolute Gasteiger partial charge is 0.258 e. The zero-order valence-electron chi connectivity index (χ0n) is 8.69. The van der Waals surface area contributed by atoms with E-state index in [9.17, 15) is 4.79 Å². The van der Waals surface area contributed by atoms with Crippen LogP contribution in [0.2, 0.25) is 0 Å². The van der Waals surface area contributed by atoms with E-state index in [0.717, 1.165) is 0 Å². The van der Waals surface area contributed by atoms with Crippen molar-refractivity contribution in [2.75, 3.05) is 5.32 Å². The van der Waals surface area contributed by atoms with Gasteiger partial charge in [0.05, 0.1) is 11.8 Å². The zero-order valence-corrected chi connectivity index (χ0v) is 13.5. The van der Waals surface area contributed by atoms with E-state index in [1.54, 1.807) is 12.1 Å². The molecule has 2 heterocycles. The number of nitrogens with zero attached hydrogens (tertiary/aromatic N) is 3. The molecule has 92 valence electrons. The molecule has 1 amide bonds. The molecule has 1 N–H and O–H groups in total. The molecule has 0 unspecified atom stereocenters. The van der Waals surface area contributed by atoms with Gasteiger partial charge in [0.25, 0.3) is 5.91 Å². The van der Waals surface area contributed by atoms with Crippen molar-refractivity contribution in [3.8, 4) is 0 Å². The van der Waals surface area contributed by atoms with Crippen molar-refractivity contribution >= 4 is 59.5 Å². The largest absolute Gasteiger partial charge is 0.304 e. The van der Waals surface area contributed by atoms with E-state index < -0.39 is 0 Å². The molecule has 0 aliphatic rings. The molecule has 5 nitrogen and oxygen atoms in total. The number of hydrogen-bond acceptors (Lipinski definition) is 4.